The summed E-state index contributed by atoms with van der Waals surface area (Å²) in [6.45, 7) is 0. The van der Waals surface area contributed by atoms with Gasteiger partial charge in [-0.3, -0.25) is 5.10 Å². The van der Waals surface area contributed by atoms with Crippen LogP contribution in [-0.2, 0) is 0 Å². The van der Waals surface area contributed by atoms with Crippen molar-refractivity contribution in [3.8, 4) is 0 Å². The Morgan fingerprint density at radius 2 is 2.31 bits per heavy atom. The molecule has 0 saturated heterocycles. The highest BCUT2D eigenvalue weighted by atomic mass is 16.4. The molecule has 0 fully saturated rings. The molecule has 0 amide bonds. The van der Waals surface area contributed by atoms with Gasteiger partial charge in [0.15, 0.2) is 5.65 Å². The number of hydrogen-bond acceptors (Lipinski definition) is 5. The van der Waals surface area contributed by atoms with Gasteiger partial charge in [0.25, 0.3) is 0 Å². The van der Waals surface area contributed by atoms with E-state index in [1.54, 1.807) is 0 Å². The van der Waals surface area contributed by atoms with E-state index in [2.05, 4.69) is 20.2 Å². The molecule has 0 bridgehead atoms. The number of aromatic carboxylic acids is 1. The van der Waals surface area contributed by atoms with E-state index in [-0.39, 0.29) is 11.6 Å². The molecule has 2 heterocycles. The van der Waals surface area contributed by atoms with Gasteiger partial charge in [-0.05, 0) is 0 Å². The molecule has 4 N–H and O–H groups in total. The van der Waals surface area contributed by atoms with Crippen LogP contribution in [0.3, 0.4) is 0 Å². The van der Waals surface area contributed by atoms with E-state index < -0.39 is 5.97 Å². The zero-order valence-corrected chi connectivity index (χ0v) is 6.35. The normalized spacial score (nSPS) is 10.5. The fourth-order valence-corrected chi connectivity index (χ4v) is 0.953. The number of nitrogens with zero attached hydrogens (tertiary/aromatic N) is 3. The standard InChI is InChI=1S/C6H5N5O2/c7-3-2-1-8-11-4(2)10-5(9-3)6(12)13/h1H,(H,12,13)(H3,7,8,9,10,11). The van der Waals surface area contributed by atoms with Gasteiger partial charge >= 0.3 is 5.97 Å². The van der Waals surface area contributed by atoms with Gasteiger partial charge in [0.2, 0.25) is 5.82 Å². The molecule has 0 saturated carbocycles. The molecule has 7 nitrogen and oxygen atoms in total. The van der Waals surface area contributed by atoms with Crippen LogP contribution in [0.5, 0.6) is 0 Å². The minimum Gasteiger partial charge on any atom is -0.475 e. The maximum absolute atomic E-state index is 10.5. The smallest absolute Gasteiger partial charge is 0.374 e. The van der Waals surface area contributed by atoms with Crippen molar-refractivity contribution in [3.63, 3.8) is 0 Å². The first-order valence-corrected chi connectivity index (χ1v) is 3.38. The van der Waals surface area contributed by atoms with Gasteiger partial charge < -0.3 is 10.8 Å². The first-order chi connectivity index (χ1) is 6.18. The molecule has 13 heavy (non-hydrogen) atoms. The molecule has 2 aromatic heterocycles. The third-order valence-electron chi connectivity index (χ3n) is 1.53. The quantitative estimate of drug-likeness (QED) is 0.549. The van der Waals surface area contributed by atoms with Crippen LogP contribution < -0.4 is 5.73 Å². The summed E-state index contributed by atoms with van der Waals surface area (Å²) in [5.74, 6) is -1.45. The molecule has 0 spiro atoms. The maximum Gasteiger partial charge on any atom is 0.374 e. The van der Waals surface area contributed by atoms with E-state index in [9.17, 15) is 4.79 Å². The fraction of sp³-hybridized carbons (Fsp3) is 0. The summed E-state index contributed by atoms with van der Waals surface area (Å²) in [7, 11) is 0. The van der Waals surface area contributed by atoms with Crippen molar-refractivity contribution in [1.29, 1.82) is 0 Å². The Morgan fingerprint density at radius 3 is 3.00 bits per heavy atom. The highest BCUT2D eigenvalue weighted by Gasteiger charge is 2.11. The number of nitrogens with one attached hydrogen (secondary N) is 1. The maximum atomic E-state index is 10.5. The van der Waals surface area contributed by atoms with Crippen molar-refractivity contribution in [2.45, 2.75) is 0 Å². The molecule has 0 atom stereocenters. The van der Waals surface area contributed by atoms with E-state index in [0.717, 1.165) is 0 Å². The Hall–Kier alpha value is -2.18. The number of nitrogen functional groups attached to an aromatic ring is 1. The zero-order valence-electron chi connectivity index (χ0n) is 6.35. The molecule has 2 rings (SSSR count). The van der Waals surface area contributed by atoms with Crippen molar-refractivity contribution >= 4 is 22.8 Å². The minimum atomic E-state index is -1.22. The van der Waals surface area contributed by atoms with Crippen molar-refractivity contribution in [2.24, 2.45) is 0 Å². The summed E-state index contributed by atoms with van der Waals surface area (Å²) in [5.41, 5.74) is 5.79. The van der Waals surface area contributed by atoms with Gasteiger partial charge in [-0.1, -0.05) is 0 Å². The predicted molar refractivity (Wildman–Crippen MR) is 43.1 cm³/mol. The Morgan fingerprint density at radius 1 is 1.54 bits per heavy atom. The van der Waals surface area contributed by atoms with Crippen LogP contribution in [0.25, 0.3) is 11.0 Å². The Labute approximate surface area is 71.6 Å². The van der Waals surface area contributed by atoms with Gasteiger partial charge in [-0.25, -0.2) is 14.8 Å². The summed E-state index contributed by atoms with van der Waals surface area (Å²) in [6.07, 6.45) is 1.44. The van der Waals surface area contributed by atoms with Gasteiger partial charge in [0, 0.05) is 0 Å². The number of hydrogen-bond donors (Lipinski definition) is 3. The van der Waals surface area contributed by atoms with Crippen LogP contribution in [0.2, 0.25) is 0 Å². The highest BCUT2D eigenvalue weighted by molar-refractivity contribution is 5.90. The summed E-state index contributed by atoms with van der Waals surface area (Å²) in [4.78, 5) is 17.8. The predicted octanol–water partition coefficient (Wildman–Crippen LogP) is -0.367. The topological polar surface area (TPSA) is 118 Å². The number of carbonyl (C=O) groups is 1. The SMILES string of the molecule is Nc1nc(C(=O)O)nc2[nH]ncc12. The van der Waals surface area contributed by atoms with Gasteiger partial charge in [-0.15, -0.1) is 0 Å². The van der Waals surface area contributed by atoms with Crippen LogP contribution in [0.15, 0.2) is 6.20 Å². The van der Waals surface area contributed by atoms with E-state index in [4.69, 9.17) is 10.8 Å². The molecule has 0 aromatic carbocycles. The molecule has 0 radical (unpaired) electrons. The molecule has 0 aliphatic heterocycles. The molecule has 7 heteroatoms. The number of aromatic nitrogens is 4. The molecule has 0 aliphatic rings. The molecule has 66 valence electrons. The average molecular weight is 179 g/mol. The number of rotatable bonds is 1. The van der Waals surface area contributed by atoms with Crippen LogP contribution in [-0.4, -0.2) is 31.2 Å². The van der Waals surface area contributed by atoms with Gasteiger partial charge in [-0.2, -0.15) is 5.10 Å². The monoisotopic (exact) mass is 179 g/mol. The van der Waals surface area contributed by atoms with Crippen molar-refractivity contribution < 1.29 is 9.90 Å². The zero-order chi connectivity index (χ0) is 9.42. The Bertz CT molecular complexity index is 477. The number of fused-ring (bicyclic) bond motifs is 1. The van der Waals surface area contributed by atoms with Crippen molar-refractivity contribution in [2.75, 3.05) is 5.73 Å². The van der Waals surface area contributed by atoms with Crippen molar-refractivity contribution in [1.82, 2.24) is 20.2 Å². The number of H-pyrrole nitrogens is 1. The number of aromatic amines is 1. The Balaban J connectivity index is 2.77. The summed E-state index contributed by atoms with van der Waals surface area (Å²) < 4.78 is 0. The average Bonchev–Trinajstić information content (AvgIpc) is 2.51. The first kappa shape index (κ1) is 7.47. The molecule has 0 unspecified atom stereocenters. The molecular weight excluding hydrogens is 174 g/mol. The third kappa shape index (κ3) is 1.06. The van der Waals surface area contributed by atoms with E-state index in [1.807, 2.05) is 0 Å². The molecular formula is C6H5N5O2. The fourth-order valence-electron chi connectivity index (χ4n) is 0.953. The number of carboxylic acids is 1. The van der Waals surface area contributed by atoms with E-state index in [1.165, 1.54) is 6.20 Å². The van der Waals surface area contributed by atoms with Gasteiger partial charge in [0.05, 0.1) is 11.6 Å². The van der Waals surface area contributed by atoms with Crippen LogP contribution in [0, 0.1) is 0 Å². The van der Waals surface area contributed by atoms with Crippen LogP contribution in [0.1, 0.15) is 10.6 Å². The lowest BCUT2D eigenvalue weighted by atomic mass is 10.4. The molecule has 0 aliphatic carbocycles. The second-order valence-electron chi connectivity index (χ2n) is 2.37. The number of anilines is 1. The first-order valence-electron chi connectivity index (χ1n) is 3.38. The van der Waals surface area contributed by atoms with E-state index >= 15 is 0 Å². The Kier molecular flexibility index (Phi) is 1.38. The summed E-state index contributed by atoms with van der Waals surface area (Å²) in [6, 6.07) is 0. The second-order valence-corrected chi connectivity index (χ2v) is 2.37. The van der Waals surface area contributed by atoms with Crippen LogP contribution in [0.4, 0.5) is 5.82 Å². The van der Waals surface area contributed by atoms with E-state index in [0.29, 0.717) is 11.0 Å². The number of carboxylic acid groups (broad SMARTS) is 1. The lowest BCUT2D eigenvalue weighted by Crippen LogP contribution is -2.06. The third-order valence-corrected chi connectivity index (χ3v) is 1.53. The lowest BCUT2D eigenvalue weighted by molar-refractivity contribution is 0.0684. The summed E-state index contributed by atoms with van der Waals surface area (Å²) >= 11 is 0. The molecule has 2 aromatic rings. The number of nitrogens with two attached hydrogens (primary N) is 1. The van der Waals surface area contributed by atoms with Crippen molar-refractivity contribution in [3.05, 3.63) is 12.0 Å². The lowest BCUT2D eigenvalue weighted by Gasteiger charge is -1.95. The summed E-state index contributed by atoms with van der Waals surface area (Å²) in [5, 5.41) is 15.3. The second kappa shape index (κ2) is 2.41. The largest absolute Gasteiger partial charge is 0.475 e. The van der Waals surface area contributed by atoms with Gasteiger partial charge in [0.1, 0.15) is 5.82 Å². The highest BCUT2D eigenvalue weighted by Crippen LogP contribution is 2.13. The van der Waals surface area contributed by atoms with Crippen LogP contribution >= 0.6 is 0 Å². The minimum absolute atomic E-state index is 0.108.